The van der Waals surface area contributed by atoms with Crippen LogP contribution in [0.25, 0.3) is 0 Å². The van der Waals surface area contributed by atoms with E-state index < -0.39 is 4.92 Å². The zero-order chi connectivity index (χ0) is 18.0. The van der Waals surface area contributed by atoms with E-state index in [0.29, 0.717) is 24.2 Å². The maximum absolute atomic E-state index is 12.1. The van der Waals surface area contributed by atoms with E-state index in [9.17, 15) is 19.7 Å². The lowest BCUT2D eigenvalue weighted by Gasteiger charge is -2.11. The Morgan fingerprint density at radius 2 is 2.04 bits per heavy atom. The van der Waals surface area contributed by atoms with Gasteiger partial charge in [-0.3, -0.25) is 19.7 Å². The number of ketones is 1. The van der Waals surface area contributed by atoms with Gasteiger partial charge in [-0.15, -0.1) is 0 Å². The smallest absolute Gasteiger partial charge is 0.293 e. The number of anilines is 2. The summed E-state index contributed by atoms with van der Waals surface area (Å²) in [5.41, 5.74) is 2.23. The van der Waals surface area contributed by atoms with Crippen LogP contribution >= 0.6 is 0 Å². The summed E-state index contributed by atoms with van der Waals surface area (Å²) in [6.45, 7) is 1.76. The number of hydrogen-bond donors (Lipinski definition) is 2. The van der Waals surface area contributed by atoms with Crippen LogP contribution in [0, 0.1) is 10.1 Å². The first-order valence-corrected chi connectivity index (χ1v) is 7.90. The normalized spacial score (nSPS) is 15.4. The fraction of sp³-hybridized carbons (Fsp3) is 0.222. The second-order valence-corrected chi connectivity index (χ2v) is 5.89. The van der Waals surface area contributed by atoms with Gasteiger partial charge < -0.3 is 10.6 Å². The van der Waals surface area contributed by atoms with Crippen molar-refractivity contribution in [2.75, 3.05) is 17.2 Å². The van der Waals surface area contributed by atoms with Crippen molar-refractivity contribution in [2.45, 2.75) is 19.3 Å². The van der Waals surface area contributed by atoms with Gasteiger partial charge in [-0.1, -0.05) is 18.2 Å². The Balaban J connectivity index is 1.71. The second kappa shape index (κ2) is 6.72. The minimum atomic E-state index is -0.521. The minimum absolute atomic E-state index is 0.0653. The van der Waals surface area contributed by atoms with Gasteiger partial charge in [-0.05, 0) is 37.1 Å². The summed E-state index contributed by atoms with van der Waals surface area (Å²) in [5.74, 6) is -0.572. The maximum Gasteiger partial charge on any atom is 0.293 e. The van der Waals surface area contributed by atoms with Crippen molar-refractivity contribution in [2.24, 2.45) is 0 Å². The number of benzene rings is 2. The Kier molecular flexibility index (Phi) is 4.47. The van der Waals surface area contributed by atoms with Crippen molar-refractivity contribution in [1.29, 1.82) is 0 Å². The first-order chi connectivity index (χ1) is 12.0. The van der Waals surface area contributed by atoms with Gasteiger partial charge in [0, 0.05) is 23.9 Å². The van der Waals surface area contributed by atoms with Gasteiger partial charge in [-0.25, -0.2) is 0 Å². The van der Waals surface area contributed by atoms with E-state index >= 15 is 0 Å². The first kappa shape index (κ1) is 16.6. The van der Waals surface area contributed by atoms with Gasteiger partial charge in [-0.2, -0.15) is 0 Å². The molecule has 0 fully saturated rings. The monoisotopic (exact) mass is 339 g/mol. The molecule has 1 atom stereocenters. The molecule has 3 rings (SSSR count). The molecule has 0 aliphatic carbocycles. The zero-order valence-corrected chi connectivity index (χ0v) is 13.6. The zero-order valence-electron chi connectivity index (χ0n) is 13.6. The molecule has 0 aromatic heterocycles. The van der Waals surface area contributed by atoms with Gasteiger partial charge in [0.05, 0.1) is 10.8 Å². The average molecular weight is 339 g/mol. The third kappa shape index (κ3) is 3.35. The molecule has 0 saturated heterocycles. The van der Waals surface area contributed by atoms with Crippen molar-refractivity contribution in [3.63, 3.8) is 0 Å². The minimum Gasteiger partial charge on any atom is -0.379 e. The summed E-state index contributed by atoms with van der Waals surface area (Å²) in [6.07, 6.45) is 0.508. The molecular weight excluding hydrogens is 322 g/mol. The first-order valence-electron chi connectivity index (χ1n) is 7.90. The van der Waals surface area contributed by atoms with Crippen LogP contribution in [0.5, 0.6) is 0 Å². The Morgan fingerprint density at radius 1 is 1.28 bits per heavy atom. The number of Topliss-reactive ketones (excluding diaryl/α,β-unsaturated/α-hetero) is 1. The molecule has 1 aliphatic heterocycles. The summed E-state index contributed by atoms with van der Waals surface area (Å²) < 4.78 is 0. The molecule has 0 bridgehead atoms. The number of nitrogens with one attached hydrogen (secondary N) is 2. The SMILES string of the molecule is CC(=O)c1ccc(NCC[C@H]2C(=O)Nc3ccccc32)c([N+](=O)[O-])c1. The molecule has 25 heavy (non-hydrogen) atoms. The molecule has 0 unspecified atom stereocenters. The highest BCUT2D eigenvalue weighted by Gasteiger charge is 2.29. The van der Waals surface area contributed by atoms with E-state index in [1.54, 1.807) is 6.07 Å². The Morgan fingerprint density at radius 3 is 2.76 bits per heavy atom. The third-order valence-electron chi connectivity index (χ3n) is 4.26. The summed E-state index contributed by atoms with van der Waals surface area (Å²) in [5, 5.41) is 17.1. The quantitative estimate of drug-likeness (QED) is 0.477. The topological polar surface area (TPSA) is 101 Å². The molecule has 1 aliphatic rings. The number of hydrogen-bond acceptors (Lipinski definition) is 5. The van der Waals surface area contributed by atoms with E-state index in [4.69, 9.17) is 0 Å². The van der Waals surface area contributed by atoms with Gasteiger partial charge in [0.25, 0.3) is 5.69 Å². The van der Waals surface area contributed by atoms with Crippen LogP contribution in [-0.2, 0) is 4.79 Å². The fourth-order valence-corrected chi connectivity index (χ4v) is 2.96. The van der Waals surface area contributed by atoms with Crippen molar-refractivity contribution < 1.29 is 14.5 Å². The summed E-state index contributed by atoms with van der Waals surface area (Å²) in [4.78, 5) is 34.2. The molecule has 2 N–H and O–H groups in total. The molecule has 1 heterocycles. The Bertz CT molecular complexity index is 863. The predicted molar refractivity (Wildman–Crippen MR) is 94.0 cm³/mol. The highest BCUT2D eigenvalue weighted by Crippen LogP contribution is 2.34. The van der Waals surface area contributed by atoms with Gasteiger partial charge in [0.1, 0.15) is 5.69 Å². The molecular formula is C18H17N3O4. The number of nitro benzene ring substituents is 1. The molecule has 1 amide bonds. The lowest BCUT2D eigenvalue weighted by molar-refractivity contribution is -0.384. The number of amides is 1. The number of carbonyl (C=O) groups excluding carboxylic acids is 2. The van der Waals surface area contributed by atoms with Crippen molar-refractivity contribution in [1.82, 2.24) is 0 Å². The van der Waals surface area contributed by atoms with E-state index in [-0.39, 0.29) is 23.3 Å². The van der Waals surface area contributed by atoms with E-state index in [1.807, 2.05) is 24.3 Å². The van der Waals surface area contributed by atoms with Crippen LogP contribution in [0.1, 0.15) is 35.2 Å². The Hall–Kier alpha value is -3.22. The average Bonchev–Trinajstić information content (AvgIpc) is 2.90. The van der Waals surface area contributed by atoms with Crippen molar-refractivity contribution in [3.05, 3.63) is 63.7 Å². The number of fused-ring (bicyclic) bond motifs is 1. The van der Waals surface area contributed by atoms with Crippen LogP contribution in [0.4, 0.5) is 17.1 Å². The number of nitro groups is 1. The van der Waals surface area contributed by atoms with E-state index in [0.717, 1.165) is 11.3 Å². The lowest BCUT2D eigenvalue weighted by Crippen LogP contribution is -2.16. The van der Waals surface area contributed by atoms with Crippen LogP contribution in [0.3, 0.4) is 0 Å². The second-order valence-electron chi connectivity index (χ2n) is 5.89. The highest BCUT2D eigenvalue weighted by molar-refractivity contribution is 6.02. The van der Waals surface area contributed by atoms with Crippen LogP contribution < -0.4 is 10.6 Å². The van der Waals surface area contributed by atoms with Crippen LogP contribution in [-0.4, -0.2) is 23.2 Å². The lowest BCUT2D eigenvalue weighted by atomic mass is 9.97. The predicted octanol–water partition coefficient (Wildman–Crippen LogP) is 3.34. The van der Waals surface area contributed by atoms with Crippen molar-refractivity contribution in [3.8, 4) is 0 Å². The maximum atomic E-state index is 12.1. The fourth-order valence-electron chi connectivity index (χ4n) is 2.96. The molecule has 0 saturated carbocycles. The number of rotatable bonds is 6. The largest absolute Gasteiger partial charge is 0.379 e. The van der Waals surface area contributed by atoms with E-state index in [2.05, 4.69) is 10.6 Å². The highest BCUT2D eigenvalue weighted by atomic mass is 16.6. The van der Waals surface area contributed by atoms with Crippen LogP contribution in [0.2, 0.25) is 0 Å². The molecule has 2 aromatic carbocycles. The number of para-hydroxylation sites is 1. The molecule has 2 aromatic rings. The molecule has 7 heteroatoms. The Labute approximate surface area is 144 Å². The molecule has 0 radical (unpaired) electrons. The third-order valence-corrected chi connectivity index (χ3v) is 4.26. The standard InChI is InChI=1S/C18H17N3O4/c1-11(22)12-6-7-16(17(10-12)21(24)25)19-9-8-14-13-4-2-3-5-15(13)20-18(14)23/h2-7,10,14,19H,8-9H2,1H3,(H,20,23)/t14-/m1/s1. The van der Waals surface area contributed by atoms with E-state index in [1.165, 1.54) is 19.1 Å². The number of nitrogens with zero attached hydrogens (tertiary/aromatic N) is 1. The number of carbonyl (C=O) groups is 2. The summed E-state index contributed by atoms with van der Waals surface area (Å²) >= 11 is 0. The van der Waals surface area contributed by atoms with Crippen molar-refractivity contribution >= 4 is 28.8 Å². The van der Waals surface area contributed by atoms with Gasteiger partial charge >= 0.3 is 0 Å². The van der Waals surface area contributed by atoms with Gasteiger partial charge in [0.15, 0.2) is 5.78 Å². The van der Waals surface area contributed by atoms with Crippen LogP contribution in [0.15, 0.2) is 42.5 Å². The molecule has 128 valence electrons. The van der Waals surface area contributed by atoms with Gasteiger partial charge in [0.2, 0.25) is 5.91 Å². The molecule has 0 spiro atoms. The molecule has 7 nitrogen and oxygen atoms in total. The summed E-state index contributed by atoms with van der Waals surface area (Å²) in [6, 6.07) is 11.8. The summed E-state index contributed by atoms with van der Waals surface area (Å²) in [7, 11) is 0.